The number of rotatable bonds is 4. The normalized spacial score (nSPS) is 22.4. The first-order chi connectivity index (χ1) is 8.11. The largest absolute Gasteiger partial charge is 0.339 e. The van der Waals surface area contributed by atoms with Gasteiger partial charge < -0.3 is 4.52 Å². The molecule has 0 amide bonds. The van der Waals surface area contributed by atoms with Crippen molar-refractivity contribution in [2.75, 3.05) is 11.5 Å². The van der Waals surface area contributed by atoms with E-state index >= 15 is 0 Å². The topological polar surface area (TPSA) is 96.8 Å². The minimum absolute atomic E-state index is 0.115. The Balaban J connectivity index is 1.97. The number of hydrogen-bond acceptors (Lipinski definition) is 6. The Morgan fingerprint density at radius 2 is 2.35 bits per heavy atom. The van der Waals surface area contributed by atoms with Crippen molar-refractivity contribution in [1.82, 2.24) is 10.1 Å². The third-order valence-electron chi connectivity index (χ3n) is 2.76. The van der Waals surface area contributed by atoms with Crippen LogP contribution in [-0.2, 0) is 16.3 Å². The van der Waals surface area contributed by atoms with E-state index in [1.54, 1.807) is 0 Å². The van der Waals surface area contributed by atoms with Gasteiger partial charge in [0, 0.05) is 18.8 Å². The zero-order chi connectivity index (χ0) is 12.3. The molecule has 1 aliphatic heterocycles. The molecule has 92 valence electrons. The van der Waals surface area contributed by atoms with Gasteiger partial charge in [0.2, 0.25) is 5.89 Å². The zero-order valence-corrected chi connectivity index (χ0v) is 10.1. The summed E-state index contributed by atoms with van der Waals surface area (Å²) >= 11 is 0. The van der Waals surface area contributed by atoms with Gasteiger partial charge in [-0.3, -0.25) is 0 Å². The number of sulfone groups is 1. The van der Waals surface area contributed by atoms with Crippen LogP contribution in [-0.4, -0.2) is 30.1 Å². The SMILES string of the molecule is N#CCCCc1nc(C2CCS(=O)(=O)C2)no1. The van der Waals surface area contributed by atoms with E-state index in [2.05, 4.69) is 10.1 Å². The molecule has 1 aromatic rings. The molecule has 1 saturated heterocycles. The van der Waals surface area contributed by atoms with Crippen molar-refractivity contribution in [3.05, 3.63) is 11.7 Å². The number of unbranched alkanes of at least 4 members (excludes halogenated alkanes) is 1. The molecule has 2 rings (SSSR count). The maximum Gasteiger partial charge on any atom is 0.226 e. The minimum Gasteiger partial charge on any atom is -0.339 e. The molecule has 1 aromatic heterocycles. The second-order valence-corrected chi connectivity index (χ2v) is 6.39. The van der Waals surface area contributed by atoms with Gasteiger partial charge in [-0.05, 0) is 12.8 Å². The summed E-state index contributed by atoms with van der Waals surface area (Å²) in [4.78, 5) is 4.18. The lowest BCUT2D eigenvalue weighted by molar-refractivity contribution is 0.368. The second kappa shape index (κ2) is 4.84. The molecular weight excluding hydrogens is 242 g/mol. The first-order valence-corrected chi connectivity index (χ1v) is 7.33. The quantitative estimate of drug-likeness (QED) is 0.739. The lowest BCUT2D eigenvalue weighted by Crippen LogP contribution is -2.05. The van der Waals surface area contributed by atoms with Gasteiger partial charge in [0.25, 0.3) is 0 Å². The second-order valence-electron chi connectivity index (χ2n) is 4.16. The Morgan fingerprint density at radius 1 is 1.53 bits per heavy atom. The van der Waals surface area contributed by atoms with E-state index in [9.17, 15) is 8.42 Å². The fourth-order valence-electron chi connectivity index (χ4n) is 1.85. The van der Waals surface area contributed by atoms with Crippen molar-refractivity contribution < 1.29 is 12.9 Å². The molecule has 0 bridgehead atoms. The van der Waals surface area contributed by atoms with Crippen molar-refractivity contribution in [2.45, 2.75) is 31.6 Å². The molecule has 0 N–H and O–H groups in total. The molecule has 1 atom stereocenters. The van der Waals surface area contributed by atoms with Gasteiger partial charge >= 0.3 is 0 Å². The molecule has 0 aliphatic carbocycles. The summed E-state index contributed by atoms with van der Waals surface area (Å²) in [5, 5.41) is 12.2. The highest BCUT2D eigenvalue weighted by Gasteiger charge is 2.32. The van der Waals surface area contributed by atoms with Crippen molar-refractivity contribution >= 4 is 9.84 Å². The van der Waals surface area contributed by atoms with Crippen LogP contribution in [0.3, 0.4) is 0 Å². The van der Waals surface area contributed by atoms with E-state index in [4.69, 9.17) is 9.78 Å². The Kier molecular flexibility index (Phi) is 3.43. The van der Waals surface area contributed by atoms with Gasteiger partial charge in [-0.25, -0.2) is 8.42 Å². The standard InChI is InChI=1S/C10H13N3O3S/c11-5-2-1-3-9-12-10(13-16-9)8-4-6-17(14,15)7-8/h8H,1-4,6-7H2. The number of aromatic nitrogens is 2. The number of aryl methyl sites for hydroxylation is 1. The Hall–Kier alpha value is -1.42. The molecule has 1 fully saturated rings. The molecule has 1 aliphatic rings. The summed E-state index contributed by atoms with van der Waals surface area (Å²) in [7, 11) is -2.92. The van der Waals surface area contributed by atoms with Crippen molar-refractivity contribution in [2.24, 2.45) is 0 Å². The Bertz CT molecular complexity index is 529. The molecule has 2 heterocycles. The maximum absolute atomic E-state index is 11.3. The average molecular weight is 255 g/mol. The van der Waals surface area contributed by atoms with Gasteiger partial charge in [-0.15, -0.1) is 0 Å². The van der Waals surface area contributed by atoms with Gasteiger partial charge in [0.1, 0.15) is 0 Å². The van der Waals surface area contributed by atoms with Gasteiger partial charge in [0.05, 0.1) is 17.6 Å². The predicted octanol–water partition coefficient (Wildman–Crippen LogP) is 0.818. The monoisotopic (exact) mass is 255 g/mol. The molecule has 0 radical (unpaired) electrons. The molecule has 0 aromatic carbocycles. The average Bonchev–Trinajstić information content (AvgIpc) is 2.85. The highest BCUT2D eigenvalue weighted by molar-refractivity contribution is 7.91. The van der Waals surface area contributed by atoms with Crippen LogP contribution in [0, 0.1) is 11.3 Å². The number of nitriles is 1. The van der Waals surface area contributed by atoms with E-state index in [0.717, 1.165) is 0 Å². The first-order valence-electron chi connectivity index (χ1n) is 5.50. The molecule has 17 heavy (non-hydrogen) atoms. The summed E-state index contributed by atoms with van der Waals surface area (Å²) in [6.45, 7) is 0. The summed E-state index contributed by atoms with van der Waals surface area (Å²) < 4.78 is 27.6. The fraction of sp³-hybridized carbons (Fsp3) is 0.700. The molecule has 0 saturated carbocycles. The summed E-state index contributed by atoms with van der Waals surface area (Å²) in [6, 6.07) is 2.04. The Labute approximate surface area is 99.5 Å². The lowest BCUT2D eigenvalue weighted by Gasteiger charge is -1.97. The highest BCUT2D eigenvalue weighted by atomic mass is 32.2. The van der Waals surface area contributed by atoms with Crippen LogP contribution < -0.4 is 0 Å². The van der Waals surface area contributed by atoms with Crippen molar-refractivity contribution in [3.8, 4) is 6.07 Å². The van der Waals surface area contributed by atoms with E-state index in [1.165, 1.54) is 0 Å². The van der Waals surface area contributed by atoms with E-state index in [0.29, 0.717) is 37.4 Å². The molecule has 7 heteroatoms. The van der Waals surface area contributed by atoms with Crippen LogP contribution >= 0.6 is 0 Å². The van der Waals surface area contributed by atoms with Gasteiger partial charge in [0.15, 0.2) is 15.7 Å². The first kappa shape index (κ1) is 12.0. The van der Waals surface area contributed by atoms with Crippen LogP contribution in [0.2, 0.25) is 0 Å². The van der Waals surface area contributed by atoms with Crippen molar-refractivity contribution in [1.29, 1.82) is 5.26 Å². The smallest absolute Gasteiger partial charge is 0.226 e. The molecule has 1 unspecified atom stereocenters. The zero-order valence-electron chi connectivity index (χ0n) is 9.29. The van der Waals surface area contributed by atoms with Crippen LogP contribution in [0.4, 0.5) is 0 Å². The van der Waals surface area contributed by atoms with Crippen LogP contribution in [0.25, 0.3) is 0 Å². The molecule has 6 nitrogen and oxygen atoms in total. The van der Waals surface area contributed by atoms with Gasteiger partial charge in [-0.2, -0.15) is 10.2 Å². The summed E-state index contributed by atoms with van der Waals surface area (Å²) in [5.74, 6) is 1.16. The third-order valence-corrected chi connectivity index (χ3v) is 4.53. The predicted molar refractivity (Wildman–Crippen MR) is 58.9 cm³/mol. The van der Waals surface area contributed by atoms with E-state index in [1.807, 2.05) is 6.07 Å². The van der Waals surface area contributed by atoms with E-state index in [-0.39, 0.29) is 17.4 Å². The number of nitrogens with zero attached hydrogens (tertiary/aromatic N) is 3. The van der Waals surface area contributed by atoms with Gasteiger partial charge in [-0.1, -0.05) is 5.16 Å². The summed E-state index contributed by atoms with van der Waals surface area (Å²) in [5.41, 5.74) is 0. The lowest BCUT2D eigenvalue weighted by atomic mass is 10.1. The van der Waals surface area contributed by atoms with Crippen LogP contribution in [0.5, 0.6) is 0 Å². The van der Waals surface area contributed by atoms with Crippen LogP contribution in [0.1, 0.15) is 36.9 Å². The molecular formula is C10H13N3O3S. The molecule has 0 spiro atoms. The Morgan fingerprint density at radius 3 is 3.00 bits per heavy atom. The number of hydrogen-bond donors (Lipinski definition) is 0. The third kappa shape index (κ3) is 3.03. The fourth-order valence-corrected chi connectivity index (χ4v) is 3.59. The highest BCUT2D eigenvalue weighted by Crippen LogP contribution is 2.26. The minimum atomic E-state index is -2.92. The maximum atomic E-state index is 11.3. The summed E-state index contributed by atoms with van der Waals surface area (Å²) in [6.07, 6.45) is 2.27. The van der Waals surface area contributed by atoms with E-state index < -0.39 is 9.84 Å². The van der Waals surface area contributed by atoms with Crippen LogP contribution in [0.15, 0.2) is 4.52 Å². The van der Waals surface area contributed by atoms with Crippen molar-refractivity contribution in [3.63, 3.8) is 0 Å².